The molecule has 1 fully saturated rings. The third kappa shape index (κ3) is 4.88. The molecule has 32 heavy (non-hydrogen) atoms. The van der Waals surface area contributed by atoms with Gasteiger partial charge in [-0.2, -0.15) is 9.78 Å². The number of carbonyl (C=O) groups excluding carboxylic acids is 2. The number of amides is 2. The average Bonchev–Trinajstić information content (AvgIpc) is 3.37. The molecule has 3 heterocycles. The van der Waals surface area contributed by atoms with E-state index in [0.717, 1.165) is 12.1 Å². The van der Waals surface area contributed by atoms with Crippen LogP contribution in [0.3, 0.4) is 0 Å². The Hall–Kier alpha value is -3.48. The lowest BCUT2D eigenvalue weighted by Crippen LogP contribution is -2.30. The minimum Gasteiger partial charge on any atom is -0.342 e. The summed E-state index contributed by atoms with van der Waals surface area (Å²) in [6.45, 7) is 7.27. The lowest BCUT2D eigenvalue weighted by Gasteiger charge is -2.16. The molecule has 3 aromatic rings. The zero-order chi connectivity index (χ0) is 22.7. The van der Waals surface area contributed by atoms with Crippen molar-refractivity contribution in [1.82, 2.24) is 19.7 Å². The molecular weight excluding hydrogens is 402 g/mol. The number of hydrogen-bond acceptors (Lipinski definition) is 4. The fraction of sp³-hybridized carbons (Fsp3) is 0.360. The van der Waals surface area contributed by atoms with Gasteiger partial charge in [-0.05, 0) is 24.1 Å². The summed E-state index contributed by atoms with van der Waals surface area (Å²) < 4.78 is 1.66. The molecule has 7 nitrogen and oxygen atoms in total. The highest BCUT2D eigenvalue weighted by Gasteiger charge is 2.34. The van der Waals surface area contributed by atoms with E-state index in [2.05, 4.69) is 48.3 Å². The zero-order valence-electron chi connectivity index (χ0n) is 18.8. The van der Waals surface area contributed by atoms with E-state index >= 15 is 0 Å². The maximum atomic E-state index is 13.1. The number of anilines is 1. The van der Waals surface area contributed by atoms with Crippen LogP contribution in [0.1, 0.15) is 38.4 Å². The fourth-order valence-corrected chi connectivity index (χ4v) is 3.79. The number of benzene rings is 1. The number of carbonyl (C=O) groups is 2. The molecule has 4 rings (SSSR count). The predicted molar refractivity (Wildman–Crippen MR) is 124 cm³/mol. The molecule has 1 unspecified atom stereocenters. The number of rotatable bonds is 6. The third-order valence-corrected chi connectivity index (χ3v) is 5.69. The molecule has 0 bridgehead atoms. The highest BCUT2D eigenvalue weighted by atomic mass is 16.2. The van der Waals surface area contributed by atoms with Gasteiger partial charge in [-0.15, -0.1) is 0 Å². The molecule has 0 radical (unpaired) electrons. The quantitative estimate of drug-likeness (QED) is 0.647. The topological polar surface area (TPSA) is 80.1 Å². The standard InChI is InChI=1S/C25H29N5O2/c1-25(2,3)20-16-22(30(28-20)21-11-7-8-13-26-21)27-24(32)19-15-23(31)29(17-19)14-12-18-9-5-4-6-10-18/h4-11,13,16,19H,12,14-15,17H2,1-3H3,(H,27,32). The van der Waals surface area contributed by atoms with Crippen LogP contribution in [0.5, 0.6) is 0 Å². The van der Waals surface area contributed by atoms with Crippen molar-refractivity contribution in [3.8, 4) is 5.82 Å². The van der Waals surface area contributed by atoms with Gasteiger partial charge in [-0.1, -0.05) is 57.2 Å². The van der Waals surface area contributed by atoms with E-state index in [1.54, 1.807) is 15.8 Å². The van der Waals surface area contributed by atoms with Gasteiger partial charge in [0.15, 0.2) is 5.82 Å². The van der Waals surface area contributed by atoms with Crippen LogP contribution >= 0.6 is 0 Å². The summed E-state index contributed by atoms with van der Waals surface area (Å²) >= 11 is 0. The zero-order valence-corrected chi connectivity index (χ0v) is 18.8. The highest BCUT2D eigenvalue weighted by molar-refractivity contribution is 5.96. The number of aromatic nitrogens is 3. The van der Waals surface area contributed by atoms with Gasteiger partial charge in [0, 0.05) is 37.2 Å². The first-order chi connectivity index (χ1) is 15.3. The van der Waals surface area contributed by atoms with Crippen LogP contribution in [0.25, 0.3) is 5.82 Å². The van der Waals surface area contributed by atoms with Crippen LogP contribution in [0.4, 0.5) is 5.82 Å². The lowest BCUT2D eigenvalue weighted by molar-refractivity contribution is -0.128. The Labute approximate surface area is 188 Å². The number of likely N-dealkylation sites (tertiary alicyclic amines) is 1. The first kappa shape index (κ1) is 21.7. The van der Waals surface area contributed by atoms with Crippen LogP contribution in [0.15, 0.2) is 60.8 Å². The first-order valence-electron chi connectivity index (χ1n) is 11.0. The average molecular weight is 432 g/mol. The Morgan fingerprint density at radius 2 is 1.88 bits per heavy atom. The summed E-state index contributed by atoms with van der Waals surface area (Å²) in [7, 11) is 0. The second-order valence-corrected chi connectivity index (χ2v) is 9.23. The van der Waals surface area contributed by atoms with Crippen LogP contribution < -0.4 is 5.32 Å². The highest BCUT2D eigenvalue weighted by Crippen LogP contribution is 2.27. The van der Waals surface area contributed by atoms with Gasteiger partial charge in [-0.3, -0.25) is 9.59 Å². The van der Waals surface area contributed by atoms with Gasteiger partial charge in [0.25, 0.3) is 0 Å². The molecule has 1 aliphatic heterocycles. The van der Waals surface area contributed by atoms with Crippen LogP contribution in [-0.2, 0) is 21.4 Å². The first-order valence-corrected chi connectivity index (χ1v) is 11.0. The van der Waals surface area contributed by atoms with Gasteiger partial charge in [0.05, 0.1) is 11.6 Å². The number of nitrogens with zero attached hydrogens (tertiary/aromatic N) is 4. The van der Waals surface area contributed by atoms with Crippen molar-refractivity contribution in [2.24, 2.45) is 5.92 Å². The van der Waals surface area contributed by atoms with Crippen molar-refractivity contribution in [3.05, 3.63) is 72.1 Å². The van der Waals surface area contributed by atoms with Crippen LogP contribution in [-0.4, -0.2) is 44.6 Å². The Morgan fingerprint density at radius 1 is 1.12 bits per heavy atom. The van der Waals surface area contributed by atoms with Gasteiger partial charge in [0.2, 0.25) is 11.8 Å². The maximum absolute atomic E-state index is 13.1. The summed E-state index contributed by atoms with van der Waals surface area (Å²) in [6, 6.07) is 17.5. The Kier molecular flexibility index (Phi) is 6.08. The third-order valence-electron chi connectivity index (χ3n) is 5.69. The molecule has 2 aromatic heterocycles. The molecule has 2 amide bonds. The molecule has 1 aliphatic rings. The molecule has 1 aromatic carbocycles. The molecule has 0 aliphatic carbocycles. The van der Waals surface area contributed by atoms with Crippen LogP contribution in [0, 0.1) is 5.92 Å². The number of pyridine rings is 1. The molecule has 0 saturated carbocycles. The molecule has 0 spiro atoms. The van der Waals surface area contributed by atoms with Crippen molar-refractivity contribution in [3.63, 3.8) is 0 Å². The Morgan fingerprint density at radius 3 is 2.56 bits per heavy atom. The molecule has 1 N–H and O–H groups in total. The molecular formula is C25H29N5O2. The van der Waals surface area contributed by atoms with Crippen molar-refractivity contribution >= 4 is 17.6 Å². The van der Waals surface area contributed by atoms with Gasteiger partial charge >= 0.3 is 0 Å². The molecule has 1 saturated heterocycles. The molecule has 7 heteroatoms. The minimum absolute atomic E-state index is 0.0229. The van der Waals surface area contributed by atoms with E-state index in [0.29, 0.717) is 24.7 Å². The number of nitrogens with one attached hydrogen (secondary N) is 1. The normalized spacial score (nSPS) is 16.4. The van der Waals surface area contributed by atoms with Gasteiger partial charge in [0.1, 0.15) is 5.82 Å². The van der Waals surface area contributed by atoms with E-state index in [1.165, 1.54) is 5.56 Å². The maximum Gasteiger partial charge on any atom is 0.230 e. The monoisotopic (exact) mass is 431 g/mol. The van der Waals surface area contributed by atoms with E-state index in [1.807, 2.05) is 42.5 Å². The van der Waals surface area contributed by atoms with Crippen molar-refractivity contribution < 1.29 is 9.59 Å². The summed E-state index contributed by atoms with van der Waals surface area (Å²) in [5.41, 5.74) is 1.85. The summed E-state index contributed by atoms with van der Waals surface area (Å²) in [5, 5.41) is 7.69. The second-order valence-electron chi connectivity index (χ2n) is 9.23. The Bertz CT molecular complexity index is 1090. The van der Waals surface area contributed by atoms with E-state index in [9.17, 15) is 9.59 Å². The second kappa shape index (κ2) is 8.94. The van der Waals surface area contributed by atoms with Crippen molar-refractivity contribution in [2.45, 2.75) is 39.0 Å². The number of hydrogen-bond donors (Lipinski definition) is 1. The van der Waals surface area contributed by atoms with Crippen LogP contribution in [0.2, 0.25) is 0 Å². The van der Waals surface area contributed by atoms with E-state index in [-0.39, 0.29) is 29.6 Å². The minimum atomic E-state index is -0.386. The van der Waals surface area contributed by atoms with E-state index in [4.69, 9.17) is 0 Å². The molecule has 166 valence electrons. The predicted octanol–water partition coefficient (Wildman–Crippen LogP) is 3.59. The van der Waals surface area contributed by atoms with Crippen molar-refractivity contribution in [1.29, 1.82) is 0 Å². The Balaban J connectivity index is 1.47. The van der Waals surface area contributed by atoms with Gasteiger partial charge in [-0.25, -0.2) is 4.98 Å². The van der Waals surface area contributed by atoms with Gasteiger partial charge < -0.3 is 10.2 Å². The summed E-state index contributed by atoms with van der Waals surface area (Å²) in [5.74, 6) is 0.662. The van der Waals surface area contributed by atoms with Crippen molar-refractivity contribution in [2.75, 3.05) is 18.4 Å². The van der Waals surface area contributed by atoms with E-state index < -0.39 is 0 Å². The summed E-state index contributed by atoms with van der Waals surface area (Å²) in [6.07, 6.45) is 2.70. The fourth-order valence-electron chi connectivity index (χ4n) is 3.79. The molecule has 1 atom stereocenters. The smallest absolute Gasteiger partial charge is 0.230 e. The largest absolute Gasteiger partial charge is 0.342 e. The summed E-state index contributed by atoms with van der Waals surface area (Å²) in [4.78, 5) is 31.7. The lowest BCUT2D eigenvalue weighted by atomic mass is 9.92. The SMILES string of the molecule is CC(C)(C)c1cc(NC(=O)C2CC(=O)N(CCc3ccccc3)C2)n(-c2ccccn2)n1.